The van der Waals surface area contributed by atoms with Gasteiger partial charge in [-0.1, -0.05) is 13.8 Å². The van der Waals surface area contributed by atoms with Crippen molar-refractivity contribution in [2.75, 3.05) is 25.1 Å². The summed E-state index contributed by atoms with van der Waals surface area (Å²) in [7, 11) is 0. The monoisotopic (exact) mass is 265 g/mol. The Kier molecular flexibility index (Phi) is 4.49. The molecule has 0 spiro atoms. The molecule has 0 fully saturated rings. The van der Waals surface area contributed by atoms with Crippen molar-refractivity contribution in [3.8, 4) is 0 Å². The average molecular weight is 265 g/mol. The molecule has 0 atom stereocenters. The molecule has 2 heterocycles. The lowest BCUT2D eigenvalue weighted by molar-refractivity contribution is 0.118. The molecule has 2 aromatic rings. The molecular weight excluding hydrogens is 246 g/mol. The van der Waals surface area contributed by atoms with Gasteiger partial charge in [0.25, 0.3) is 0 Å². The van der Waals surface area contributed by atoms with Crippen LogP contribution >= 0.6 is 11.3 Å². The zero-order valence-corrected chi connectivity index (χ0v) is 11.9. The number of hydrogen-bond acceptors (Lipinski definition) is 5. The fourth-order valence-electron chi connectivity index (χ4n) is 1.66. The van der Waals surface area contributed by atoms with Crippen LogP contribution in [0.25, 0.3) is 10.2 Å². The fraction of sp³-hybridized carbons (Fsp3) is 0.538. The van der Waals surface area contributed by atoms with Crippen LogP contribution in [0.4, 0.5) is 5.82 Å². The first kappa shape index (κ1) is 13.2. The number of aryl methyl sites for hydroxylation is 1. The van der Waals surface area contributed by atoms with E-state index in [0.29, 0.717) is 12.5 Å². The minimum absolute atomic E-state index is 0.579. The van der Waals surface area contributed by atoms with Crippen molar-refractivity contribution in [2.24, 2.45) is 5.92 Å². The zero-order valence-electron chi connectivity index (χ0n) is 11.1. The predicted molar refractivity (Wildman–Crippen MR) is 76.3 cm³/mol. The SMILES string of the molecule is Cc1csc2c(NCCOCC(C)C)ncnc12. The summed E-state index contributed by atoms with van der Waals surface area (Å²) >= 11 is 1.68. The lowest BCUT2D eigenvalue weighted by Gasteiger charge is -2.08. The van der Waals surface area contributed by atoms with Crippen LogP contribution in [-0.2, 0) is 4.74 Å². The van der Waals surface area contributed by atoms with Crippen molar-refractivity contribution in [3.63, 3.8) is 0 Å². The highest BCUT2D eigenvalue weighted by molar-refractivity contribution is 7.18. The summed E-state index contributed by atoms with van der Waals surface area (Å²) in [5.41, 5.74) is 2.25. The maximum atomic E-state index is 5.53. The van der Waals surface area contributed by atoms with Gasteiger partial charge in [0.05, 0.1) is 16.8 Å². The smallest absolute Gasteiger partial charge is 0.147 e. The van der Waals surface area contributed by atoms with Crippen LogP contribution in [0.2, 0.25) is 0 Å². The lowest BCUT2D eigenvalue weighted by atomic mass is 10.2. The van der Waals surface area contributed by atoms with Gasteiger partial charge in [0, 0.05) is 13.2 Å². The minimum atomic E-state index is 0.579. The van der Waals surface area contributed by atoms with Crippen LogP contribution in [0.3, 0.4) is 0 Å². The minimum Gasteiger partial charge on any atom is -0.379 e. The second-order valence-electron chi connectivity index (χ2n) is 4.71. The van der Waals surface area contributed by atoms with Crippen LogP contribution in [0, 0.1) is 12.8 Å². The van der Waals surface area contributed by atoms with Gasteiger partial charge < -0.3 is 10.1 Å². The van der Waals surface area contributed by atoms with Crippen molar-refractivity contribution in [3.05, 3.63) is 17.3 Å². The number of rotatable bonds is 6. The van der Waals surface area contributed by atoms with Crippen LogP contribution in [0.5, 0.6) is 0 Å². The summed E-state index contributed by atoms with van der Waals surface area (Å²) in [5, 5.41) is 5.42. The number of aromatic nitrogens is 2. The van der Waals surface area contributed by atoms with Gasteiger partial charge >= 0.3 is 0 Å². The molecule has 0 bridgehead atoms. The van der Waals surface area contributed by atoms with Gasteiger partial charge in [-0.15, -0.1) is 11.3 Å². The number of thiophene rings is 1. The van der Waals surface area contributed by atoms with Crippen molar-refractivity contribution in [1.29, 1.82) is 0 Å². The molecule has 4 nitrogen and oxygen atoms in total. The summed E-state index contributed by atoms with van der Waals surface area (Å²) in [6.45, 7) is 8.65. The molecule has 0 aliphatic rings. The fourth-order valence-corrected chi connectivity index (χ4v) is 2.62. The van der Waals surface area contributed by atoms with Crippen molar-refractivity contribution < 1.29 is 4.74 Å². The molecule has 5 heteroatoms. The molecule has 0 amide bonds. The Balaban J connectivity index is 1.92. The third-order valence-corrected chi connectivity index (χ3v) is 3.61. The number of fused-ring (bicyclic) bond motifs is 1. The zero-order chi connectivity index (χ0) is 13.0. The van der Waals surface area contributed by atoms with E-state index in [1.165, 1.54) is 5.56 Å². The van der Waals surface area contributed by atoms with Gasteiger partial charge in [-0.3, -0.25) is 0 Å². The Labute approximate surface area is 111 Å². The van der Waals surface area contributed by atoms with E-state index in [1.807, 2.05) is 0 Å². The van der Waals surface area contributed by atoms with E-state index < -0.39 is 0 Å². The Morgan fingerprint density at radius 3 is 3.00 bits per heavy atom. The van der Waals surface area contributed by atoms with E-state index in [0.717, 1.165) is 29.2 Å². The van der Waals surface area contributed by atoms with Crippen LogP contribution in [0.1, 0.15) is 19.4 Å². The van der Waals surface area contributed by atoms with Crippen LogP contribution in [-0.4, -0.2) is 29.7 Å². The van der Waals surface area contributed by atoms with Crippen molar-refractivity contribution in [2.45, 2.75) is 20.8 Å². The number of anilines is 1. The van der Waals surface area contributed by atoms with Gasteiger partial charge in [0.2, 0.25) is 0 Å². The second-order valence-corrected chi connectivity index (χ2v) is 5.59. The summed E-state index contributed by atoms with van der Waals surface area (Å²) in [6.07, 6.45) is 1.61. The summed E-state index contributed by atoms with van der Waals surface area (Å²) in [5.74, 6) is 1.49. The molecule has 2 aromatic heterocycles. The van der Waals surface area contributed by atoms with Crippen molar-refractivity contribution >= 4 is 27.4 Å². The maximum absolute atomic E-state index is 5.53. The first-order valence-corrected chi connectivity index (χ1v) is 7.07. The molecule has 98 valence electrons. The Morgan fingerprint density at radius 1 is 1.39 bits per heavy atom. The van der Waals surface area contributed by atoms with Gasteiger partial charge in [0.15, 0.2) is 0 Å². The third-order valence-electron chi connectivity index (χ3n) is 2.52. The summed E-state index contributed by atoms with van der Waals surface area (Å²) in [6, 6.07) is 0. The lowest BCUT2D eigenvalue weighted by Crippen LogP contribution is -2.12. The van der Waals surface area contributed by atoms with Gasteiger partial charge in [-0.2, -0.15) is 0 Å². The number of hydrogen-bond donors (Lipinski definition) is 1. The number of nitrogens with one attached hydrogen (secondary N) is 1. The van der Waals surface area contributed by atoms with E-state index in [1.54, 1.807) is 17.7 Å². The molecule has 0 saturated carbocycles. The normalized spacial score (nSPS) is 11.3. The highest BCUT2D eigenvalue weighted by Gasteiger charge is 2.07. The van der Waals surface area contributed by atoms with Gasteiger partial charge in [-0.05, 0) is 23.8 Å². The topological polar surface area (TPSA) is 47.0 Å². The summed E-state index contributed by atoms with van der Waals surface area (Å²) in [4.78, 5) is 8.58. The molecular formula is C13H19N3OS. The van der Waals surface area contributed by atoms with E-state index in [2.05, 4.69) is 41.4 Å². The molecule has 0 saturated heterocycles. The molecule has 2 rings (SSSR count). The first-order chi connectivity index (χ1) is 8.68. The standard InChI is InChI=1S/C13H19N3OS/c1-9(2)6-17-5-4-14-13-12-11(15-8-16-13)10(3)7-18-12/h7-9H,4-6H2,1-3H3,(H,14,15,16). The highest BCUT2D eigenvalue weighted by atomic mass is 32.1. The third kappa shape index (κ3) is 3.17. The van der Waals surface area contributed by atoms with Crippen LogP contribution < -0.4 is 5.32 Å². The van der Waals surface area contributed by atoms with Crippen molar-refractivity contribution in [1.82, 2.24) is 9.97 Å². The Bertz CT molecular complexity index is 510. The number of ether oxygens (including phenoxy) is 1. The van der Waals surface area contributed by atoms with Gasteiger partial charge in [-0.25, -0.2) is 9.97 Å². The summed E-state index contributed by atoms with van der Waals surface area (Å²) < 4.78 is 6.66. The first-order valence-electron chi connectivity index (χ1n) is 6.19. The number of nitrogens with zero attached hydrogens (tertiary/aromatic N) is 2. The van der Waals surface area contributed by atoms with E-state index in [9.17, 15) is 0 Å². The maximum Gasteiger partial charge on any atom is 0.147 e. The van der Waals surface area contributed by atoms with E-state index in [-0.39, 0.29) is 0 Å². The van der Waals surface area contributed by atoms with Gasteiger partial charge in [0.1, 0.15) is 12.1 Å². The molecule has 0 aliphatic carbocycles. The molecule has 0 unspecified atom stereocenters. The molecule has 0 aliphatic heterocycles. The van der Waals surface area contributed by atoms with E-state index >= 15 is 0 Å². The molecule has 0 radical (unpaired) electrons. The highest BCUT2D eigenvalue weighted by Crippen LogP contribution is 2.28. The molecule has 18 heavy (non-hydrogen) atoms. The quantitative estimate of drug-likeness (QED) is 0.815. The molecule has 0 aromatic carbocycles. The Hall–Kier alpha value is -1.20. The Morgan fingerprint density at radius 2 is 2.22 bits per heavy atom. The average Bonchev–Trinajstić information content (AvgIpc) is 2.71. The van der Waals surface area contributed by atoms with Crippen LogP contribution in [0.15, 0.2) is 11.7 Å². The second kappa shape index (κ2) is 6.11. The predicted octanol–water partition coefficient (Wildman–Crippen LogP) is 3.08. The van der Waals surface area contributed by atoms with E-state index in [4.69, 9.17) is 4.74 Å². The largest absolute Gasteiger partial charge is 0.379 e. The molecule has 1 N–H and O–H groups in total.